The normalized spacial score (nSPS) is 15.3. The average Bonchev–Trinajstić information content (AvgIpc) is 3.13. The van der Waals surface area contributed by atoms with E-state index in [9.17, 15) is 4.79 Å². The molecule has 0 saturated heterocycles. The maximum atomic E-state index is 13.3. The molecule has 2 heterocycles. The highest BCUT2D eigenvalue weighted by molar-refractivity contribution is 6.00. The predicted molar refractivity (Wildman–Crippen MR) is 105 cm³/mol. The van der Waals surface area contributed by atoms with E-state index in [0.717, 1.165) is 11.3 Å². The second kappa shape index (κ2) is 7.76. The fourth-order valence-electron chi connectivity index (χ4n) is 3.33. The predicted octanol–water partition coefficient (Wildman–Crippen LogP) is 3.95. The van der Waals surface area contributed by atoms with E-state index in [2.05, 4.69) is 5.16 Å². The lowest BCUT2D eigenvalue weighted by Crippen LogP contribution is -2.43. The number of fused-ring (bicyclic) bond motifs is 1. The molecule has 144 valence electrons. The van der Waals surface area contributed by atoms with Gasteiger partial charge >= 0.3 is 0 Å². The van der Waals surface area contributed by atoms with E-state index in [-0.39, 0.29) is 12.0 Å². The summed E-state index contributed by atoms with van der Waals surface area (Å²) in [6.07, 6.45) is -0.237. The van der Waals surface area contributed by atoms with E-state index in [1.807, 2.05) is 61.5 Å². The molecule has 0 N–H and O–H groups in total. The lowest BCUT2D eigenvalue weighted by Gasteiger charge is -2.31. The molecule has 3 aromatic rings. The first kappa shape index (κ1) is 18.1. The second-order valence-electron chi connectivity index (χ2n) is 6.67. The van der Waals surface area contributed by atoms with Crippen LogP contribution in [0.25, 0.3) is 11.3 Å². The molecule has 0 saturated carbocycles. The standard InChI is InChI=1S/C22H22N2O4/c1-3-24(13-17-14-26-18-11-7-8-12-19(18)27-17)22(25)20-15(2)28-23-21(20)16-9-5-4-6-10-16/h4-12,17H,3,13-14H2,1-2H3. The number of amides is 1. The van der Waals surface area contributed by atoms with Crippen LogP contribution in [0.5, 0.6) is 11.5 Å². The molecule has 1 aliphatic rings. The zero-order valence-corrected chi connectivity index (χ0v) is 15.9. The van der Waals surface area contributed by atoms with Crippen LogP contribution < -0.4 is 9.47 Å². The number of rotatable bonds is 5. The van der Waals surface area contributed by atoms with Crippen molar-refractivity contribution < 1.29 is 18.8 Å². The van der Waals surface area contributed by atoms with Gasteiger partial charge in [0.2, 0.25) is 0 Å². The van der Waals surface area contributed by atoms with Crippen molar-refractivity contribution in [3.05, 3.63) is 65.9 Å². The Kier molecular flexibility index (Phi) is 5.02. The zero-order valence-electron chi connectivity index (χ0n) is 15.9. The van der Waals surface area contributed by atoms with E-state index < -0.39 is 0 Å². The van der Waals surface area contributed by atoms with E-state index in [4.69, 9.17) is 14.0 Å². The molecule has 1 aromatic heterocycles. The Morgan fingerprint density at radius 1 is 1.11 bits per heavy atom. The number of hydrogen-bond donors (Lipinski definition) is 0. The largest absolute Gasteiger partial charge is 0.486 e. The summed E-state index contributed by atoms with van der Waals surface area (Å²) >= 11 is 0. The highest BCUT2D eigenvalue weighted by Crippen LogP contribution is 2.31. The monoisotopic (exact) mass is 378 g/mol. The van der Waals surface area contributed by atoms with Gasteiger partial charge in [-0.3, -0.25) is 4.79 Å². The molecular formula is C22H22N2O4. The van der Waals surface area contributed by atoms with Gasteiger partial charge in [-0.15, -0.1) is 0 Å². The van der Waals surface area contributed by atoms with Gasteiger partial charge in [0, 0.05) is 12.1 Å². The minimum atomic E-state index is -0.237. The van der Waals surface area contributed by atoms with Gasteiger partial charge in [-0.05, 0) is 26.0 Å². The Morgan fingerprint density at radius 2 is 1.82 bits per heavy atom. The first-order valence-corrected chi connectivity index (χ1v) is 9.36. The summed E-state index contributed by atoms with van der Waals surface area (Å²) in [5, 5.41) is 4.12. The van der Waals surface area contributed by atoms with Crippen LogP contribution in [0.3, 0.4) is 0 Å². The molecule has 1 atom stereocenters. The SMILES string of the molecule is CCN(CC1COc2ccccc2O1)C(=O)c1c(-c2ccccc2)noc1C. The number of hydrogen-bond acceptors (Lipinski definition) is 5. The number of aryl methyl sites for hydroxylation is 1. The number of para-hydroxylation sites is 2. The van der Waals surface area contributed by atoms with Crippen molar-refractivity contribution in [3.8, 4) is 22.8 Å². The molecule has 0 aliphatic carbocycles. The molecule has 4 rings (SSSR count). The lowest BCUT2D eigenvalue weighted by molar-refractivity contribution is 0.0474. The summed E-state index contributed by atoms with van der Waals surface area (Å²) in [4.78, 5) is 15.0. The third kappa shape index (κ3) is 3.45. The van der Waals surface area contributed by atoms with Crippen LogP contribution >= 0.6 is 0 Å². The van der Waals surface area contributed by atoms with Gasteiger partial charge in [-0.2, -0.15) is 0 Å². The van der Waals surface area contributed by atoms with Crippen molar-refractivity contribution in [1.82, 2.24) is 10.1 Å². The zero-order chi connectivity index (χ0) is 19.5. The molecule has 28 heavy (non-hydrogen) atoms. The number of benzene rings is 2. The number of aromatic nitrogens is 1. The van der Waals surface area contributed by atoms with E-state index in [1.54, 1.807) is 11.8 Å². The van der Waals surface area contributed by atoms with Crippen LogP contribution in [-0.4, -0.2) is 41.8 Å². The smallest absolute Gasteiger partial charge is 0.259 e. The Labute approximate surface area is 163 Å². The van der Waals surface area contributed by atoms with Gasteiger partial charge in [0.25, 0.3) is 5.91 Å². The molecule has 0 fully saturated rings. The number of nitrogens with zero attached hydrogens (tertiary/aromatic N) is 2. The molecule has 0 bridgehead atoms. The van der Waals surface area contributed by atoms with Crippen molar-refractivity contribution >= 4 is 5.91 Å². The van der Waals surface area contributed by atoms with Crippen LogP contribution in [-0.2, 0) is 0 Å². The third-order valence-corrected chi connectivity index (χ3v) is 4.78. The molecule has 1 unspecified atom stereocenters. The number of carbonyl (C=O) groups is 1. The molecule has 1 aliphatic heterocycles. The third-order valence-electron chi connectivity index (χ3n) is 4.78. The summed E-state index contributed by atoms with van der Waals surface area (Å²) in [5.74, 6) is 1.82. The van der Waals surface area contributed by atoms with Crippen LogP contribution in [0.15, 0.2) is 59.1 Å². The Balaban J connectivity index is 1.55. The molecule has 1 amide bonds. The summed E-state index contributed by atoms with van der Waals surface area (Å²) in [7, 11) is 0. The van der Waals surface area contributed by atoms with E-state index >= 15 is 0 Å². The van der Waals surface area contributed by atoms with Crippen molar-refractivity contribution in [2.45, 2.75) is 20.0 Å². The van der Waals surface area contributed by atoms with E-state index in [1.165, 1.54) is 0 Å². The second-order valence-corrected chi connectivity index (χ2v) is 6.67. The molecule has 6 nitrogen and oxygen atoms in total. The Hall–Kier alpha value is -3.28. The van der Waals surface area contributed by atoms with Gasteiger partial charge in [0.05, 0.1) is 6.54 Å². The molecule has 6 heteroatoms. The van der Waals surface area contributed by atoms with Gasteiger partial charge in [-0.25, -0.2) is 0 Å². The highest BCUT2D eigenvalue weighted by atomic mass is 16.6. The molecule has 0 spiro atoms. The van der Waals surface area contributed by atoms with Gasteiger partial charge in [0.1, 0.15) is 23.6 Å². The number of likely N-dealkylation sites (N-methyl/N-ethyl adjacent to an activating group) is 1. The Morgan fingerprint density at radius 3 is 2.57 bits per heavy atom. The van der Waals surface area contributed by atoms with Crippen molar-refractivity contribution in [1.29, 1.82) is 0 Å². The van der Waals surface area contributed by atoms with Crippen LogP contribution in [0.2, 0.25) is 0 Å². The molecule has 0 radical (unpaired) electrons. The number of ether oxygens (including phenoxy) is 2. The van der Waals surface area contributed by atoms with Crippen molar-refractivity contribution in [2.24, 2.45) is 0 Å². The first-order valence-electron chi connectivity index (χ1n) is 9.36. The quantitative estimate of drug-likeness (QED) is 0.673. The number of carbonyl (C=O) groups excluding carboxylic acids is 1. The van der Waals surface area contributed by atoms with Gasteiger partial charge < -0.3 is 18.9 Å². The highest BCUT2D eigenvalue weighted by Gasteiger charge is 2.29. The minimum absolute atomic E-state index is 0.123. The summed E-state index contributed by atoms with van der Waals surface area (Å²) < 4.78 is 17.1. The summed E-state index contributed by atoms with van der Waals surface area (Å²) in [6.45, 7) is 5.06. The fourth-order valence-corrected chi connectivity index (χ4v) is 3.33. The minimum Gasteiger partial charge on any atom is -0.486 e. The van der Waals surface area contributed by atoms with Crippen molar-refractivity contribution in [2.75, 3.05) is 19.7 Å². The van der Waals surface area contributed by atoms with Crippen LogP contribution in [0.4, 0.5) is 0 Å². The van der Waals surface area contributed by atoms with E-state index in [0.29, 0.717) is 42.5 Å². The first-order chi connectivity index (χ1) is 13.7. The summed E-state index contributed by atoms with van der Waals surface area (Å²) in [5.41, 5.74) is 1.91. The summed E-state index contributed by atoms with van der Waals surface area (Å²) in [6, 6.07) is 17.1. The molecule has 2 aromatic carbocycles. The van der Waals surface area contributed by atoms with Crippen molar-refractivity contribution in [3.63, 3.8) is 0 Å². The topological polar surface area (TPSA) is 64.8 Å². The molecular weight excluding hydrogens is 356 g/mol. The lowest BCUT2D eigenvalue weighted by atomic mass is 10.0. The maximum Gasteiger partial charge on any atom is 0.259 e. The Bertz CT molecular complexity index is 968. The average molecular weight is 378 g/mol. The van der Waals surface area contributed by atoms with Crippen LogP contribution in [0.1, 0.15) is 23.0 Å². The fraction of sp³-hybridized carbons (Fsp3) is 0.273. The van der Waals surface area contributed by atoms with Gasteiger partial charge in [-0.1, -0.05) is 47.6 Å². The van der Waals surface area contributed by atoms with Gasteiger partial charge in [0.15, 0.2) is 17.6 Å². The van der Waals surface area contributed by atoms with Crippen LogP contribution in [0, 0.1) is 6.92 Å². The maximum absolute atomic E-state index is 13.3.